The van der Waals surface area contributed by atoms with Crippen LogP contribution in [0.1, 0.15) is 70.5 Å². The van der Waals surface area contributed by atoms with Gasteiger partial charge in [0.05, 0.1) is 11.4 Å². The van der Waals surface area contributed by atoms with E-state index in [1.165, 1.54) is 0 Å². The number of nitrogens with zero attached hydrogens (tertiary/aromatic N) is 4. The molecule has 0 aliphatic carbocycles. The van der Waals surface area contributed by atoms with Crippen molar-refractivity contribution < 1.29 is 9.90 Å². The molecule has 2 rings (SSSR count). The number of aliphatic carboxylic acids is 1. The highest BCUT2D eigenvalue weighted by molar-refractivity contribution is 5.72. The van der Waals surface area contributed by atoms with Crippen molar-refractivity contribution in [3.8, 4) is 0 Å². The topological polar surface area (TPSA) is 72.9 Å². The summed E-state index contributed by atoms with van der Waals surface area (Å²) in [5, 5.41) is 19.0. The zero-order chi connectivity index (χ0) is 18.4. The van der Waals surface area contributed by atoms with Crippen LogP contribution in [-0.2, 0) is 15.6 Å². The molecule has 0 atom stereocenters. The van der Waals surface area contributed by atoms with Gasteiger partial charge >= 0.3 is 5.97 Å². The van der Waals surface area contributed by atoms with Crippen molar-refractivity contribution in [2.75, 3.05) is 0 Å². The third-order valence-corrected chi connectivity index (χ3v) is 4.07. The summed E-state index contributed by atoms with van der Waals surface area (Å²) in [4.78, 5) is 12.0. The summed E-state index contributed by atoms with van der Waals surface area (Å²) in [6.07, 6.45) is -0.989. The minimum atomic E-state index is -0.989. The van der Waals surface area contributed by atoms with E-state index in [1.54, 1.807) is 9.36 Å². The lowest BCUT2D eigenvalue weighted by atomic mass is 9.92. The highest BCUT2D eigenvalue weighted by atomic mass is 16.4. The Morgan fingerprint density at radius 3 is 1.46 bits per heavy atom. The molecule has 0 radical (unpaired) electrons. The van der Waals surface area contributed by atoms with E-state index in [-0.39, 0.29) is 10.8 Å². The molecule has 0 fully saturated rings. The lowest BCUT2D eigenvalue weighted by Gasteiger charge is -2.19. The fourth-order valence-electron chi connectivity index (χ4n) is 2.52. The van der Waals surface area contributed by atoms with Crippen molar-refractivity contribution in [1.29, 1.82) is 0 Å². The van der Waals surface area contributed by atoms with Gasteiger partial charge in [-0.05, 0) is 26.0 Å². The summed E-state index contributed by atoms with van der Waals surface area (Å²) in [5.74, 6) is -0.978. The quantitative estimate of drug-likeness (QED) is 0.934. The third kappa shape index (κ3) is 3.37. The minimum Gasteiger partial charge on any atom is -0.478 e. The van der Waals surface area contributed by atoms with Gasteiger partial charge in [-0.25, -0.2) is 14.2 Å². The fourth-order valence-corrected chi connectivity index (χ4v) is 2.52. The maximum absolute atomic E-state index is 12.0. The standard InChI is InChI=1S/C18H28N4O2/c1-11-9-13(17(3,4)5)19-21(11)15(16(23)24)22-12(2)10-14(20-22)18(6,7)8/h9-10,15H,1-8H3,(H,23,24). The maximum atomic E-state index is 12.0. The maximum Gasteiger partial charge on any atom is 0.351 e. The van der Waals surface area contributed by atoms with E-state index in [1.807, 2.05) is 26.0 Å². The van der Waals surface area contributed by atoms with Crippen LogP contribution in [0, 0.1) is 13.8 Å². The molecule has 0 saturated heterocycles. The predicted octanol–water partition coefficient (Wildman–Crippen LogP) is 3.42. The van der Waals surface area contributed by atoms with Crippen molar-refractivity contribution in [3.63, 3.8) is 0 Å². The van der Waals surface area contributed by atoms with Gasteiger partial charge in [0.15, 0.2) is 0 Å². The van der Waals surface area contributed by atoms with Gasteiger partial charge in [-0.1, -0.05) is 41.5 Å². The lowest BCUT2D eigenvalue weighted by molar-refractivity contribution is -0.142. The van der Waals surface area contributed by atoms with Gasteiger partial charge in [-0.15, -0.1) is 0 Å². The minimum absolute atomic E-state index is 0.144. The molecule has 0 aliphatic rings. The van der Waals surface area contributed by atoms with Gasteiger partial charge in [0, 0.05) is 22.2 Å². The monoisotopic (exact) mass is 332 g/mol. The highest BCUT2D eigenvalue weighted by Gasteiger charge is 2.30. The first-order valence-electron chi connectivity index (χ1n) is 8.18. The van der Waals surface area contributed by atoms with Crippen LogP contribution in [0.4, 0.5) is 0 Å². The summed E-state index contributed by atoms with van der Waals surface area (Å²) in [6.45, 7) is 16.1. The summed E-state index contributed by atoms with van der Waals surface area (Å²) >= 11 is 0. The van der Waals surface area contributed by atoms with Gasteiger partial charge in [-0.3, -0.25) is 0 Å². The average Bonchev–Trinajstić information content (AvgIpc) is 2.94. The van der Waals surface area contributed by atoms with Crippen LogP contribution < -0.4 is 0 Å². The first-order chi connectivity index (χ1) is 10.8. The molecule has 0 bridgehead atoms. The first-order valence-corrected chi connectivity index (χ1v) is 8.18. The Bertz CT molecular complexity index is 699. The van der Waals surface area contributed by atoms with Crippen molar-refractivity contribution in [2.45, 2.75) is 72.4 Å². The van der Waals surface area contributed by atoms with Gasteiger partial charge in [0.1, 0.15) is 0 Å². The van der Waals surface area contributed by atoms with Crippen LogP contribution in [0.25, 0.3) is 0 Å². The predicted molar refractivity (Wildman–Crippen MR) is 93.4 cm³/mol. The molecule has 0 spiro atoms. The Hall–Kier alpha value is -2.11. The van der Waals surface area contributed by atoms with E-state index < -0.39 is 12.1 Å². The largest absolute Gasteiger partial charge is 0.478 e. The summed E-state index contributed by atoms with van der Waals surface area (Å²) < 4.78 is 3.10. The Morgan fingerprint density at radius 2 is 1.25 bits per heavy atom. The van der Waals surface area contributed by atoms with Gasteiger partial charge in [0.2, 0.25) is 6.17 Å². The normalized spacial score (nSPS) is 12.9. The number of carboxylic acids is 1. The zero-order valence-electron chi connectivity index (χ0n) is 15.9. The Kier molecular flexibility index (Phi) is 4.37. The summed E-state index contributed by atoms with van der Waals surface area (Å²) in [5.41, 5.74) is 3.06. The average molecular weight is 332 g/mol. The molecule has 2 aromatic heterocycles. The van der Waals surface area contributed by atoms with Crippen molar-refractivity contribution >= 4 is 5.97 Å². The molecule has 0 saturated carbocycles. The fraction of sp³-hybridized carbons (Fsp3) is 0.611. The SMILES string of the molecule is Cc1cc(C(C)(C)C)nn1C(C(=O)O)n1nc(C(C)(C)C)cc1C. The molecule has 24 heavy (non-hydrogen) atoms. The molecule has 0 aliphatic heterocycles. The number of rotatable bonds is 3. The molecule has 0 amide bonds. The molecule has 0 unspecified atom stereocenters. The first kappa shape index (κ1) is 18.2. The van der Waals surface area contributed by atoms with E-state index in [0.29, 0.717) is 0 Å². The molecule has 1 N–H and O–H groups in total. The second-order valence-electron chi connectivity index (χ2n) is 8.44. The van der Waals surface area contributed by atoms with Crippen LogP contribution in [0.15, 0.2) is 12.1 Å². The Labute approximate surface area is 143 Å². The second-order valence-corrected chi connectivity index (χ2v) is 8.44. The molecule has 2 aromatic rings. The lowest BCUT2D eigenvalue weighted by Crippen LogP contribution is -2.30. The van der Waals surface area contributed by atoms with Gasteiger partial charge < -0.3 is 5.11 Å². The third-order valence-electron chi connectivity index (χ3n) is 4.07. The number of carbonyl (C=O) groups is 1. The van der Waals surface area contributed by atoms with Crippen LogP contribution in [-0.4, -0.2) is 30.6 Å². The molecular formula is C18H28N4O2. The smallest absolute Gasteiger partial charge is 0.351 e. The second kappa shape index (κ2) is 5.76. The van der Waals surface area contributed by atoms with Crippen LogP contribution >= 0.6 is 0 Å². The molecule has 132 valence electrons. The summed E-state index contributed by atoms with van der Waals surface area (Å²) in [6, 6.07) is 3.89. The van der Waals surface area contributed by atoms with E-state index in [0.717, 1.165) is 22.8 Å². The van der Waals surface area contributed by atoms with E-state index in [2.05, 4.69) is 51.7 Å². The number of hydrogen-bond donors (Lipinski definition) is 1. The van der Waals surface area contributed by atoms with Crippen LogP contribution in [0.5, 0.6) is 0 Å². The van der Waals surface area contributed by atoms with Crippen molar-refractivity contribution in [2.24, 2.45) is 0 Å². The van der Waals surface area contributed by atoms with Crippen molar-refractivity contribution in [3.05, 3.63) is 34.9 Å². The molecular weight excluding hydrogens is 304 g/mol. The molecule has 0 aromatic carbocycles. The van der Waals surface area contributed by atoms with Crippen LogP contribution in [0.3, 0.4) is 0 Å². The number of carboxylic acid groups (broad SMARTS) is 1. The zero-order valence-corrected chi connectivity index (χ0v) is 15.9. The summed E-state index contributed by atoms with van der Waals surface area (Å²) in [7, 11) is 0. The number of hydrogen-bond acceptors (Lipinski definition) is 3. The Morgan fingerprint density at radius 1 is 0.917 bits per heavy atom. The van der Waals surface area contributed by atoms with E-state index in [9.17, 15) is 9.90 Å². The van der Waals surface area contributed by atoms with Gasteiger partial charge in [0.25, 0.3) is 0 Å². The van der Waals surface area contributed by atoms with Crippen LogP contribution in [0.2, 0.25) is 0 Å². The van der Waals surface area contributed by atoms with Crippen molar-refractivity contribution in [1.82, 2.24) is 19.6 Å². The van der Waals surface area contributed by atoms with E-state index in [4.69, 9.17) is 0 Å². The molecule has 6 heteroatoms. The number of aryl methyl sites for hydroxylation is 2. The molecule has 6 nitrogen and oxygen atoms in total. The van der Waals surface area contributed by atoms with E-state index >= 15 is 0 Å². The number of aromatic nitrogens is 4. The highest BCUT2D eigenvalue weighted by Crippen LogP contribution is 2.26. The molecule has 2 heterocycles. The Balaban J connectivity index is 2.59. The van der Waals surface area contributed by atoms with Gasteiger partial charge in [-0.2, -0.15) is 10.2 Å².